The lowest BCUT2D eigenvalue weighted by atomic mass is 10.2. The highest BCUT2D eigenvalue weighted by atomic mass is 127. The first kappa shape index (κ1) is 21.4. The van der Waals surface area contributed by atoms with Crippen molar-refractivity contribution in [2.75, 3.05) is 19.8 Å². The molecule has 0 aliphatic carbocycles. The Bertz CT molecular complexity index is 918. The van der Waals surface area contributed by atoms with Crippen molar-refractivity contribution >= 4 is 74.2 Å². The van der Waals surface area contributed by atoms with Crippen LogP contribution >= 0.6 is 56.9 Å². The Kier molecular flexibility index (Phi) is 7.63. The van der Waals surface area contributed by atoms with E-state index < -0.39 is 0 Å². The lowest BCUT2D eigenvalue weighted by Crippen LogP contribution is -2.32. The summed E-state index contributed by atoms with van der Waals surface area (Å²) in [6.07, 6.45) is 1.73. The minimum atomic E-state index is -0.303. The van der Waals surface area contributed by atoms with Crippen LogP contribution in [0.4, 0.5) is 4.79 Å². The van der Waals surface area contributed by atoms with Gasteiger partial charge >= 0.3 is 0 Å². The van der Waals surface area contributed by atoms with Crippen LogP contribution in [0.15, 0.2) is 47.4 Å². The molecule has 146 valence electrons. The maximum atomic E-state index is 12.7. The van der Waals surface area contributed by atoms with Crippen molar-refractivity contribution in [3.8, 4) is 11.5 Å². The maximum Gasteiger partial charge on any atom is 0.293 e. The van der Waals surface area contributed by atoms with Crippen LogP contribution in [-0.4, -0.2) is 35.8 Å². The Morgan fingerprint density at radius 2 is 1.86 bits per heavy atom. The number of carbonyl (C=O) groups is 2. The largest absolute Gasteiger partial charge is 0.492 e. The number of halogens is 2. The molecule has 0 unspecified atom stereocenters. The lowest BCUT2D eigenvalue weighted by molar-refractivity contribution is -0.123. The van der Waals surface area contributed by atoms with Gasteiger partial charge in [0.2, 0.25) is 0 Å². The molecular formula is C20H17I2NO4S. The fourth-order valence-corrected chi connectivity index (χ4v) is 5.49. The first-order chi connectivity index (χ1) is 13.5. The van der Waals surface area contributed by atoms with Crippen molar-refractivity contribution in [1.82, 2.24) is 4.90 Å². The van der Waals surface area contributed by atoms with Gasteiger partial charge in [-0.05, 0) is 94.2 Å². The van der Waals surface area contributed by atoms with E-state index in [4.69, 9.17) is 9.47 Å². The van der Waals surface area contributed by atoms with Crippen molar-refractivity contribution < 1.29 is 19.1 Å². The molecule has 2 amide bonds. The third kappa shape index (κ3) is 5.20. The Balaban J connectivity index is 1.74. The van der Waals surface area contributed by atoms with E-state index in [1.807, 2.05) is 49.4 Å². The predicted molar refractivity (Wildman–Crippen MR) is 128 cm³/mol. The van der Waals surface area contributed by atoms with E-state index in [0.717, 1.165) is 30.2 Å². The quantitative estimate of drug-likeness (QED) is 0.306. The zero-order valence-corrected chi connectivity index (χ0v) is 20.1. The third-order valence-electron chi connectivity index (χ3n) is 3.81. The molecule has 2 aromatic rings. The second-order valence-electron chi connectivity index (χ2n) is 5.73. The number of benzene rings is 2. The minimum absolute atomic E-state index is 0.207. The molecule has 2 aromatic carbocycles. The number of nitrogens with zero attached hydrogens (tertiary/aromatic N) is 1. The molecule has 0 atom stereocenters. The number of para-hydroxylation sites is 1. The summed E-state index contributed by atoms with van der Waals surface area (Å²) in [4.78, 5) is 26.6. The number of amides is 2. The number of ether oxygens (including phenoxy) is 2. The average Bonchev–Trinajstić information content (AvgIpc) is 2.93. The molecule has 0 N–H and O–H groups in total. The molecule has 8 heteroatoms. The van der Waals surface area contributed by atoms with Gasteiger partial charge in [0.15, 0.2) is 0 Å². The maximum absolute atomic E-state index is 12.7. The molecular weight excluding hydrogens is 604 g/mol. The van der Waals surface area contributed by atoms with Crippen LogP contribution in [0.5, 0.6) is 11.5 Å². The van der Waals surface area contributed by atoms with Gasteiger partial charge in [-0.3, -0.25) is 14.5 Å². The van der Waals surface area contributed by atoms with Crippen LogP contribution < -0.4 is 9.47 Å². The van der Waals surface area contributed by atoms with Crippen LogP contribution in [0.25, 0.3) is 6.08 Å². The molecule has 5 nitrogen and oxygen atoms in total. The highest BCUT2D eigenvalue weighted by molar-refractivity contribution is 14.1. The van der Waals surface area contributed by atoms with Crippen LogP contribution in [0.2, 0.25) is 0 Å². The van der Waals surface area contributed by atoms with E-state index in [1.54, 1.807) is 6.08 Å². The summed E-state index contributed by atoms with van der Waals surface area (Å²) in [5, 5.41) is -0.286. The third-order valence-corrected chi connectivity index (χ3v) is 6.14. The number of hydrogen-bond acceptors (Lipinski definition) is 5. The number of carbonyl (C=O) groups excluding carboxylic acids is 2. The van der Waals surface area contributed by atoms with Crippen molar-refractivity contribution in [3.05, 3.63) is 60.1 Å². The van der Waals surface area contributed by atoms with E-state index in [2.05, 4.69) is 45.2 Å². The molecule has 0 radical (unpaired) electrons. The summed E-state index contributed by atoms with van der Waals surface area (Å²) in [5.74, 6) is 1.13. The summed E-state index contributed by atoms with van der Waals surface area (Å²) < 4.78 is 13.3. The molecule has 1 aliphatic rings. The Morgan fingerprint density at radius 1 is 1.11 bits per heavy atom. The van der Waals surface area contributed by atoms with Crippen molar-refractivity contribution in [2.45, 2.75) is 6.92 Å². The van der Waals surface area contributed by atoms with E-state index in [-0.39, 0.29) is 24.3 Å². The minimum Gasteiger partial charge on any atom is -0.492 e. The van der Waals surface area contributed by atoms with E-state index in [0.29, 0.717) is 17.3 Å². The Hall–Kier alpha value is -1.27. The molecule has 0 bridgehead atoms. The predicted octanol–water partition coefficient (Wildman–Crippen LogP) is 5.41. The second-order valence-corrected chi connectivity index (χ2v) is 9.13. The second kappa shape index (κ2) is 9.97. The van der Waals surface area contributed by atoms with Crippen LogP contribution in [-0.2, 0) is 4.79 Å². The number of thioether (sulfide) groups is 1. The molecule has 0 saturated carbocycles. The number of hydrogen-bond donors (Lipinski definition) is 0. The summed E-state index contributed by atoms with van der Waals surface area (Å²) in [5.41, 5.74) is 0.796. The van der Waals surface area contributed by atoms with Crippen LogP contribution in [0.3, 0.4) is 0 Å². The van der Waals surface area contributed by atoms with Gasteiger partial charge in [0.05, 0.1) is 21.6 Å². The Labute approximate surface area is 195 Å². The highest BCUT2D eigenvalue weighted by Gasteiger charge is 2.35. The smallest absolute Gasteiger partial charge is 0.293 e. The molecule has 1 saturated heterocycles. The SMILES string of the molecule is CCOc1c(I)cc(I)cc1/C=C1\SC(=O)N(CCOc2ccccc2)C1=O. The van der Waals surface area contributed by atoms with Crippen molar-refractivity contribution in [2.24, 2.45) is 0 Å². The van der Waals surface area contributed by atoms with Gasteiger partial charge in [-0.2, -0.15) is 0 Å². The summed E-state index contributed by atoms with van der Waals surface area (Å²) in [6.45, 7) is 2.90. The molecule has 1 aliphatic heterocycles. The van der Waals surface area contributed by atoms with Gasteiger partial charge in [-0.1, -0.05) is 18.2 Å². The van der Waals surface area contributed by atoms with Gasteiger partial charge in [0.25, 0.3) is 11.1 Å². The molecule has 28 heavy (non-hydrogen) atoms. The average molecular weight is 621 g/mol. The van der Waals surface area contributed by atoms with Crippen molar-refractivity contribution in [3.63, 3.8) is 0 Å². The molecule has 0 spiro atoms. The van der Waals surface area contributed by atoms with E-state index in [1.165, 1.54) is 4.90 Å². The lowest BCUT2D eigenvalue weighted by Gasteiger charge is -2.13. The topological polar surface area (TPSA) is 55.8 Å². The zero-order chi connectivity index (χ0) is 20.1. The summed E-state index contributed by atoms with van der Waals surface area (Å²) in [6, 6.07) is 13.3. The van der Waals surface area contributed by atoms with E-state index >= 15 is 0 Å². The van der Waals surface area contributed by atoms with Crippen LogP contribution in [0.1, 0.15) is 12.5 Å². The first-order valence-electron chi connectivity index (χ1n) is 8.54. The highest BCUT2D eigenvalue weighted by Crippen LogP contribution is 2.36. The normalized spacial score (nSPS) is 15.4. The fourth-order valence-electron chi connectivity index (χ4n) is 2.59. The molecule has 1 fully saturated rings. The number of imide groups is 1. The fraction of sp³-hybridized carbons (Fsp3) is 0.200. The molecule has 3 rings (SSSR count). The first-order valence-corrected chi connectivity index (χ1v) is 11.5. The monoisotopic (exact) mass is 621 g/mol. The number of rotatable bonds is 7. The summed E-state index contributed by atoms with van der Waals surface area (Å²) in [7, 11) is 0. The molecule has 0 aromatic heterocycles. The standard InChI is InChI=1S/C20H17I2NO4S/c1-2-26-18-13(10-14(21)12-16(18)22)11-17-19(24)23(20(25)28-17)8-9-27-15-6-4-3-5-7-15/h3-7,10-12H,2,8-9H2,1H3/b17-11-. The van der Waals surface area contributed by atoms with E-state index in [9.17, 15) is 9.59 Å². The van der Waals surface area contributed by atoms with Gasteiger partial charge in [0.1, 0.15) is 18.1 Å². The van der Waals surface area contributed by atoms with Gasteiger partial charge < -0.3 is 9.47 Å². The zero-order valence-electron chi connectivity index (χ0n) is 15.0. The van der Waals surface area contributed by atoms with Gasteiger partial charge in [0, 0.05) is 9.13 Å². The van der Waals surface area contributed by atoms with Crippen LogP contribution in [0, 0.1) is 7.14 Å². The Morgan fingerprint density at radius 3 is 2.57 bits per heavy atom. The summed E-state index contributed by atoms with van der Waals surface area (Å²) >= 11 is 5.38. The van der Waals surface area contributed by atoms with Crippen molar-refractivity contribution in [1.29, 1.82) is 0 Å². The van der Waals surface area contributed by atoms with Gasteiger partial charge in [-0.25, -0.2) is 0 Å². The molecule has 1 heterocycles. The van der Waals surface area contributed by atoms with Gasteiger partial charge in [-0.15, -0.1) is 0 Å².